The van der Waals surface area contributed by atoms with E-state index >= 15 is 0 Å². The molecular formula is C24H22F3N3O7. The summed E-state index contributed by atoms with van der Waals surface area (Å²) in [5.41, 5.74) is 4.12. The molecule has 3 aromatic rings. The zero-order valence-electron chi connectivity index (χ0n) is 19.3. The topological polar surface area (TPSA) is 151 Å². The molecule has 1 aliphatic rings. The molecule has 2 heterocycles. The number of anilines is 1. The van der Waals surface area contributed by atoms with Crippen LogP contribution in [0.4, 0.5) is 18.9 Å². The molecule has 0 radical (unpaired) electrons. The number of alkyl halides is 3. The lowest BCUT2D eigenvalue weighted by atomic mass is 9.94. The van der Waals surface area contributed by atoms with Crippen LogP contribution in [-0.4, -0.2) is 57.6 Å². The molecule has 1 unspecified atom stereocenters. The maximum absolute atomic E-state index is 12.9. The number of aliphatic carboxylic acids is 2. The van der Waals surface area contributed by atoms with E-state index in [4.69, 9.17) is 24.5 Å². The van der Waals surface area contributed by atoms with E-state index in [1.165, 1.54) is 0 Å². The van der Waals surface area contributed by atoms with E-state index in [2.05, 4.69) is 15.5 Å². The summed E-state index contributed by atoms with van der Waals surface area (Å²) in [7, 11) is 0. The largest absolute Gasteiger partial charge is 0.492 e. The highest BCUT2D eigenvalue weighted by Gasteiger charge is 2.38. The van der Waals surface area contributed by atoms with Crippen LogP contribution in [0.5, 0.6) is 11.5 Å². The van der Waals surface area contributed by atoms with E-state index in [1.807, 2.05) is 31.2 Å². The molecule has 4 N–H and O–H groups in total. The number of carboxylic acids is 2. The Morgan fingerprint density at radius 3 is 2.51 bits per heavy atom. The van der Waals surface area contributed by atoms with E-state index in [0.717, 1.165) is 28.0 Å². The second kappa shape index (κ2) is 11.5. The number of halogens is 3. The molecule has 0 spiro atoms. The molecule has 1 amide bonds. The van der Waals surface area contributed by atoms with Gasteiger partial charge in [-0.15, -0.1) is 0 Å². The Balaban J connectivity index is 0.000000479. The predicted octanol–water partition coefficient (Wildman–Crippen LogP) is 3.67. The molecule has 2 aromatic carbocycles. The SMILES string of the molecule is Cc1ccc2c(c1)CC(C(=O)Nc1ccc(-c3cn[nH]c3)cc1OCC(=O)O)CO2.O=C(O)C(F)(F)F. The highest BCUT2D eigenvalue weighted by molar-refractivity contribution is 5.95. The Bertz CT molecular complexity index is 1280. The van der Waals surface area contributed by atoms with E-state index in [9.17, 15) is 22.8 Å². The van der Waals surface area contributed by atoms with Gasteiger partial charge in [0.05, 0.1) is 17.8 Å². The van der Waals surface area contributed by atoms with Crippen LogP contribution < -0.4 is 14.8 Å². The van der Waals surface area contributed by atoms with Crippen molar-refractivity contribution in [3.05, 3.63) is 59.9 Å². The van der Waals surface area contributed by atoms with Gasteiger partial charge in [-0.3, -0.25) is 9.89 Å². The number of aromatic amines is 1. The molecule has 1 aromatic heterocycles. The average molecular weight is 521 g/mol. The lowest BCUT2D eigenvalue weighted by Gasteiger charge is -2.25. The number of hydrogen-bond acceptors (Lipinski definition) is 6. The summed E-state index contributed by atoms with van der Waals surface area (Å²) >= 11 is 0. The van der Waals surface area contributed by atoms with Gasteiger partial charge in [0.1, 0.15) is 18.1 Å². The van der Waals surface area contributed by atoms with Gasteiger partial charge in [0.15, 0.2) is 6.61 Å². The normalized spacial score (nSPS) is 14.3. The number of H-pyrrole nitrogens is 1. The van der Waals surface area contributed by atoms with Crippen molar-refractivity contribution in [1.82, 2.24) is 10.2 Å². The van der Waals surface area contributed by atoms with Gasteiger partial charge in [-0.05, 0) is 42.7 Å². The molecule has 196 valence electrons. The van der Waals surface area contributed by atoms with Crippen molar-refractivity contribution in [1.29, 1.82) is 0 Å². The Morgan fingerprint density at radius 2 is 1.89 bits per heavy atom. The number of rotatable bonds is 6. The first-order valence-electron chi connectivity index (χ1n) is 10.7. The van der Waals surface area contributed by atoms with Gasteiger partial charge in [0, 0.05) is 11.8 Å². The number of fused-ring (bicyclic) bond motifs is 1. The summed E-state index contributed by atoms with van der Waals surface area (Å²) in [4.78, 5) is 32.8. The first-order valence-corrected chi connectivity index (χ1v) is 10.7. The van der Waals surface area contributed by atoms with Gasteiger partial charge in [0.25, 0.3) is 0 Å². The van der Waals surface area contributed by atoms with E-state index in [-0.39, 0.29) is 24.2 Å². The molecule has 10 nitrogen and oxygen atoms in total. The van der Waals surface area contributed by atoms with Gasteiger partial charge in [-0.1, -0.05) is 23.8 Å². The molecule has 0 fully saturated rings. The lowest BCUT2D eigenvalue weighted by Crippen LogP contribution is -2.32. The third-order valence-corrected chi connectivity index (χ3v) is 5.16. The quantitative estimate of drug-likeness (QED) is 0.384. The second-order valence-electron chi connectivity index (χ2n) is 8.00. The number of carboxylic acid groups (broad SMARTS) is 2. The van der Waals surface area contributed by atoms with Crippen LogP contribution in [0.25, 0.3) is 11.1 Å². The fraction of sp³-hybridized carbons (Fsp3) is 0.250. The number of nitrogens with zero attached hydrogens (tertiary/aromatic N) is 1. The summed E-state index contributed by atoms with van der Waals surface area (Å²) in [5.74, 6) is -3.35. The summed E-state index contributed by atoms with van der Waals surface area (Å²) < 4.78 is 42.9. The molecule has 37 heavy (non-hydrogen) atoms. The van der Waals surface area contributed by atoms with Crippen molar-refractivity contribution in [2.24, 2.45) is 5.92 Å². The molecule has 1 atom stereocenters. The molecular weight excluding hydrogens is 499 g/mol. The highest BCUT2D eigenvalue weighted by atomic mass is 19.4. The fourth-order valence-corrected chi connectivity index (χ4v) is 3.40. The summed E-state index contributed by atoms with van der Waals surface area (Å²) in [6.07, 6.45) is -1.15. The number of amides is 1. The van der Waals surface area contributed by atoms with E-state index in [0.29, 0.717) is 12.1 Å². The third-order valence-electron chi connectivity index (χ3n) is 5.16. The first-order chi connectivity index (χ1) is 17.4. The molecule has 0 aliphatic carbocycles. The zero-order valence-corrected chi connectivity index (χ0v) is 19.3. The van der Waals surface area contributed by atoms with Crippen LogP contribution in [0.3, 0.4) is 0 Å². The van der Waals surface area contributed by atoms with Crippen molar-refractivity contribution >= 4 is 23.5 Å². The van der Waals surface area contributed by atoms with Gasteiger partial charge in [0.2, 0.25) is 5.91 Å². The number of nitrogens with one attached hydrogen (secondary N) is 2. The molecule has 0 bridgehead atoms. The number of carbonyl (C=O) groups is 3. The number of carbonyl (C=O) groups excluding carboxylic acids is 1. The summed E-state index contributed by atoms with van der Waals surface area (Å²) in [6, 6.07) is 11.1. The van der Waals surface area contributed by atoms with Crippen LogP contribution in [0, 0.1) is 12.8 Å². The Hall–Kier alpha value is -4.55. The van der Waals surface area contributed by atoms with Gasteiger partial charge < -0.3 is 25.0 Å². The van der Waals surface area contributed by atoms with Crippen molar-refractivity contribution in [3.63, 3.8) is 0 Å². The second-order valence-corrected chi connectivity index (χ2v) is 8.00. The van der Waals surface area contributed by atoms with Crippen molar-refractivity contribution in [2.45, 2.75) is 19.5 Å². The molecule has 13 heteroatoms. The van der Waals surface area contributed by atoms with E-state index < -0.39 is 24.7 Å². The Kier molecular flexibility index (Phi) is 8.37. The highest BCUT2D eigenvalue weighted by Crippen LogP contribution is 2.33. The zero-order chi connectivity index (χ0) is 27.2. The van der Waals surface area contributed by atoms with Crippen LogP contribution in [0.2, 0.25) is 0 Å². The number of hydrogen-bond donors (Lipinski definition) is 4. The maximum atomic E-state index is 12.9. The van der Waals surface area contributed by atoms with E-state index in [1.54, 1.807) is 24.5 Å². The molecule has 0 saturated heterocycles. The predicted molar refractivity (Wildman–Crippen MR) is 123 cm³/mol. The fourth-order valence-electron chi connectivity index (χ4n) is 3.40. The van der Waals surface area contributed by atoms with Gasteiger partial charge >= 0.3 is 18.1 Å². The monoisotopic (exact) mass is 521 g/mol. The standard InChI is InChI=1S/C22H21N3O5.C2HF3O2/c1-13-2-5-19-15(6-13)7-16(11-29-19)22(28)25-18-4-3-14(17-9-23-24-10-17)8-20(18)30-12-21(26)27;3-2(4,5)1(6)7/h2-6,8-10,16H,7,11-12H2,1H3,(H,23,24)(H,25,28)(H,26,27);(H,6,7). The average Bonchev–Trinajstić information content (AvgIpc) is 3.37. The Labute approximate surface area is 208 Å². The van der Waals surface area contributed by atoms with Crippen LogP contribution in [0.15, 0.2) is 48.8 Å². The molecule has 4 rings (SSSR count). The number of aromatic nitrogens is 2. The minimum atomic E-state index is -5.08. The molecule has 1 aliphatic heterocycles. The van der Waals surface area contributed by atoms with Crippen molar-refractivity contribution in [3.8, 4) is 22.6 Å². The lowest BCUT2D eigenvalue weighted by molar-refractivity contribution is -0.192. The number of ether oxygens (including phenoxy) is 2. The minimum Gasteiger partial charge on any atom is -0.492 e. The number of benzene rings is 2. The van der Waals surface area contributed by atoms with Gasteiger partial charge in [-0.2, -0.15) is 18.3 Å². The van der Waals surface area contributed by atoms with Crippen molar-refractivity contribution < 1.29 is 47.2 Å². The van der Waals surface area contributed by atoms with Crippen molar-refractivity contribution in [2.75, 3.05) is 18.5 Å². The third kappa shape index (κ3) is 7.46. The number of aryl methyl sites for hydroxylation is 1. The Morgan fingerprint density at radius 1 is 1.16 bits per heavy atom. The summed E-state index contributed by atoms with van der Waals surface area (Å²) in [6.45, 7) is 1.76. The summed E-state index contributed by atoms with van der Waals surface area (Å²) in [5, 5.41) is 25.6. The van der Waals surface area contributed by atoms with Crippen LogP contribution >= 0.6 is 0 Å². The van der Waals surface area contributed by atoms with Crippen LogP contribution in [-0.2, 0) is 20.8 Å². The minimum absolute atomic E-state index is 0.210. The maximum Gasteiger partial charge on any atom is 0.490 e. The van der Waals surface area contributed by atoms with Crippen LogP contribution in [0.1, 0.15) is 11.1 Å². The van der Waals surface area contributed by atoms with Gasteiger partial charge in [-0.25, -0.2) is 9.59 Å². The smallest absolute Gasteiger partial charge is 0.490 e. The first kappa shape index (κ1) is 27.0. The molecule has 0 saturated carbocycles.